The summed E-state index contributed by atoms with van der Waals surface area (Å²) >= 11 is 0. The van der Waals surface area contributed by atoms with Crippen LogP contribution in [0.25, 0.3) is 60.5 Å². The van der Waals surface area contributed by atoms with Gasteiger partial charge in [0.2, 0.25) is 0 Å². The lowest BCUT2D eigenvalue weighted by molar-refractivity contribution is 0.636. The topological polar surface area (TPSA) is 0 Å². The lowest BCUT2D eigenvalue weighted by Gasteiger charge is -2.28. The van der Waals surface area contributed by atoms with Crippen molar-refractivity contribution < 1.29 is 0 Å². The predicted molar refractivity (Wildman–Crippen MR) is 188 cm³/mol. The van der Waals surface area contributed by atoms with Crippen LogP contribution in [0.2, 0.25) is 0 Å². The van der Waals surface area contributed by atoms with Crippen molar-refractivity contribution in [1.29, 1.82) is 0 Å². The number of hydrogen-bond acceptors (Lipinski definition) is 0. The number of benzene rings is 6. The molecule has 0 heterocycles. The van der Waals surface area contributed by atoms with Crippen molar-refractivity contribution in [2.24, 2.45) is 0 Å². The minimum atomic E-state index is -0.231. The maximum Gasteiger partial charge on any atom is 0.0389 e. The number of fused-ring (bicyclic) bond motifs is 7. The summed E-state index contributed by atoms with van der Waals surface area (Å²) in [5.41, 5.74) is 16.0. The Morgan fingerprint density at radius 1 is 0.727 bits per heavy atom. The summed E-state index contributed by atoms with van der Waals surface area (Å²) < 4.78 is 0. The lowest BCUT2D eigenvalue weighted by atomic mass is 9.75. The largest absolute Gasteiger partial charge is 0.102 e. The maximum atomic E-state index is 4.45. The monoisotopic (exact) mass is 562 g/mol. The van der Waals surface area contributed by atoms with Crippen LogP contribution in [0.3, 0.4) is 0 Å². The summed E-state index contributed by atoms with van der Waals surface area (Å²) in [5.74, 6) is 0.484. The molecule has 0 saturated carbocycles. The van der Waals surface area contributed by atoms with Gasteiger partial charge in [0.15, 0.2) is 0 Å². The van der Waals surface area contributed by atoms with Crippen LogP contribution in [0, 0.1) is 6.92 Å². The average Bonchev–Trinajstić information content (AvgIpc) is 3.55. The van der Waals surface area contributed by atoms with Crippen LogP contribution in [0.5, 0.6) is 0 Å². The van der Waals surface area contributed by atoms with Gasteiger partial charge in [-0.15, -0.1) is 6.58 Å². The van der Waals surface area contributed by atoms with Gasteiger partial charge in [-0.25, -0.2) is 0 Å². The fourth-order valence-corrected chi connectivity index (χ4v) is 8.50. The Labute approximate surface area is 259 Å². The van der Waals surface area contributed by atoms with E-state index >= 15 is 0 Å². The molecule has 0 aromatic heterocycles. The van der Waals surface area contributed by atoms with Gasteiger partial charge in [-0.2, -0.15) is 0 Å². The van der Waals surface area contributed by atoms with E-state index in [0.29, 0.717) is 5.92 Å². The van der Waals surface area contributed by atoms with Gasteiger partial charge in [-0.3, -0.25) is 0 Å². The highest BCUT2D eigenvalue weighted by atomic mass is 14.4. The minimum absolute atomic E-state index is 0.231. The van der Waals surface area contributed by atoms with Crippen LogP contribution in [0.1, 0.15) is 53.5 Å². The Balaban J connectivity index is 1.19. The van der Waals surface area contributed by atoms with Crippen LogP contribution in [-0.4, -0.2) is 0 Å². The molecular formula is C44H34. The van der Waals surface area contributed by atoms with Crippen molar-refractivity contribution in [3.8, 4) is 33.4 Å². The Hall–Kier alpha value is -4.94. The second-order valence-corrected chi connectivity index (χ2v) is 12.9. The molecule has 0 spiro atoms. The molecule has 6 aromatic rings. The zero-order valence-electron chi connectivity index (χ0n) is 25.3. The second-order valence-electron chi connectivity index (χ2n) is 12.9. The molecule has 0 heteroatoms. The van der Waals surface area contributed by atoms with E-state index in [1.54, 1.807) is 0 Å². The Morgan fingerprint density at radius 3 is 2.25 bits per heavy atom. The highest BCUT2D eigenvalue weighted by molar-refractivity contribution is 6.09. The molecule has 0 saturated heterocycles. The Kier molecular flexibility index (Phi) is 5.39. The molecule has 2 atom stereocenters. The first kappa shape index (κ1) is 25.5. The van der Waals surface area contributed by atoms with Gasteiger partial charge in [-0.1, -0.05) is 122 Å². The number of allylic oxidation sites excluding steroid dienone is 5. The molecule has 3 aliphatic carbocycles. The highest BCUT2D eigenvalue weighted by Gasteiger charge is 2.40. The first-order valence-electron chi connectivity index (χ1n) is 16.0. The summed E-state index contributed by atoms with van der Waals surface area (Å²) in [7, 11) is 0. The van der Waals surface area contributed by atoms with E-state index < -0.39 is 0 Å². The molecule has 0 radical (unpaired) electrons. The molecule has 1 unspecified atom stereocenters. The van der Waals surface area contributed by atoms with Gasteiger partial charge in [0, 0.05) is 11.3 Å². The molecular weight excluding hydrogens is 528 g/mol. The fourth-order valence-electron chi connectivity index (χ4n) is 8.50. The number of hydrogen-bond donors (Lipinski definition) is 0. The molecule has 210 valence electrons. The lowest BCUT2D eigenvalue weighted by Crippen LogP contribution is -2.21. The number of rotatable bonds is 4. The minimum Gasteiger partial charge on any atom is -0.102 e. The van der Waals surface area contributed by atoms with E-state index in [1.165, 1.54) is 88.3 Å². The molecule has 0 fully saturated rings. The summed E-state index contributed by atoms with van der Waals surface area (Å²) in [4.78, 5) is 0. The Bertz CT molecular complexity index is 2270. The normalized spacial score (nSPS) is 19.1. The van der Waals surface area contributed by atoms with Crippen LogP contribution < -0.4 is 0 Å². The van der Waals surface area contributed by atoms with Gasteiger partial charge >= 0.3 is 0 Å². The fraction of sp³-hybridized carbons (Fsp3) is 0.136. The molecule has 0 bridgehead atoms. The highest BCUT2D eigenvalue weighted by Crippen LogP contribution is 2.55. The molecule has 44 heavy (non-hydrogen) atoms. The van der Waals surface area contributed by atoms with Crippen molar-refractivity contribution in [1.82, 2.24) is 0 Å². The summed E-state index contributed by atoms with van der Waals surface area (Å²) in [6.07, 6.45) is 11.1. The van der Waals surface area contributed by atoms with Crippen molar-refractivity contribution in [2.75, 3.05) is 0 Å². The molecule has 3 aliphatic rings. The molecule has 0 N–H and O–H groups in total. The van der Waals surface area contributed by atoms with E-state index in [-0.39, 0.29) is 5.41 Å². The van der Waals surface area contributed by atoms with Crippen LogP contribution in [-0.2, 0) is 5.41 Å². The third-order valence-corrected chi connectivity index (χ3v) is 10.8. The predicted octanol–water partition coefficient (Wildman–Crippen LogP) is 11.9. The molecule has 0 amide bonds. The summed E-state index contributed by atoms with van der Waals surface area (Å²) in [6.45, 7) is 8.91. The number of aryl methyl sites for hydroxylation is 1. The average molecular weight is 563 g/mol. The summed E-state index contributed by atoms with van der Waals surface area (Å²) in [5, 5.41) is 5.37. The smallest absolute Gasteiger partial charge is 0.0389 e. The summed E-state index contributed by atoms with van der Waals surface area (Å²) in [6, 6.07) is 39.4. The van der Waals surface area contributed by atoms with Gasteiger partial charge in [0.05, 0.1) is 0 Å². The van der Waals surface area contributed by atoms with E-state index in [2.05, 4.69) is 148 Å². The third kappa shape index (κ3) is 3.40. The van der Waals surface area contributed by atoms with Crippen LogP contribution in [0.15, 0.2) is 134 Å². The first-order chi connectivity index (χ1) is 21.6. The van der Waals surface area contributed by atoms with Crippen molar-refractivity contribution in [2.45, 2.75) is 38.0 Å². The zero-order chi connectivity index (χ0) is 29.6. The quantitative estimate of drug-likeness (QED) is 0.187. The standard InChI is InChI=1S/C44H34/c1-4-44(5-2)41-25-31(30-16-15-28-23-27(3)13-14-29(28)24-30)17-19-36(41)37-20-18-32(26-42(37)44)33-21-22-40-35-10-7-6-9-34(35)39-12-8-11-38(33)43(39)40/h4,6-9,11-26,35H,1,5,10H2,2-3H3/t35-,44?/m1/s1. The SMILES string of the molecule is C=CC1(CC)c2cc(-c3ccc4cc(C)ccc4c3)ccc2-c2ccc(-c3ccc4c5c(cccc35)C3=CC=CC[C@H]34)cc21. The van der Waals surface area contributed by atoms with E-state index in [1.807, 2.05) is 0 Å². The van der Waals surface area contributed by atoms with E-state index in [0.717, 1.165) is 12.8 Å². The van der Waals surface area contributed by atoms with Crippen molar-refractivity contribution in [3.63, 3.8) is 0 Å². The Morgan fingerprint density at radius 2 is 1.43 bits per heavy atom. The van der Waals surface area contributed by atoms with Gasteiger partial charge in [0.1, 0.15) is 0 Å². The molecule has 0 aliphatic heterocycles. The third-order valence-electron chi connectivity index (χ3n) is 10.8. The zero-order valence-corrected chi connectivity index (χ0v) is 25.3. The molecule has 0 nitrogen and oxygen atoms in total. The van der Waals surface area contributed by atoms with Gasteiger partial charge < -0.3 is 0 Å². The maximum absolute atomic E-state index is 4.45. The van der Waals surface area contributed by atoms with Gasteiger partial charge in [-0.05, 0) is 121 Å². The van der Waals surface area contributed by atoms with Crippen LogP contribution >= 0.6 is 0 Å². The van der Waals surface area contributed by atoms with E-state index in [4.69, 9.17) is 0 Å². The van der Waals surface area contributed by atoms with E-state index in [9.17, 15) is 0 Å². The van der Waals surface area contributed by atoms with Crippen LogP contribution in [0.4, 0.5) is 0 Å². The van der Waals surface area contributed by atoms with Gasteiger partial charge in [0.25, 0.3) is 0 Å². The first-order valence-corrected chi connectivity index (χ1v) is 16.0. The second kappa shape index (κ2) is 9.28. The van der Waals surface area contributed by atoms with Crippen molar-refractivity contribution in [3.05, 3.63) is 162 Å². The van der Waals surface area contributed by atoms with Crippen molar-refractivity contribution >= 4 is 27.1 Å². The molecule has 9 rings (SSSR count). The molecule has 6 aromatic carbocycles.